The Morgan fingerprint density at radius 3 is 2.50 bits per heavy atom. The van der Waals surface area contributed by atoms with Gasteiger partial charge in [-0.2, -0.15) is 0 Å². The van der Waals surface area contributed by atoms with Gasteiger partial charge in [0.15, 0.2) is 0 Å². The fraction of sp³-hybridized carbons (Fsp3) is 0.391. The van der Waals surface area contributed by atoms with Gasteiger partial charge in [-0.15, -0.1) is 0 Å². The minimum atomic E-state index is -3.44. The first-order valence-corrected chi connectivity index (χ1v) is 12.3. The lowest BCUT2D eigenvalue weighted by Gasteiger charge is -2.40. The number of fused-ring (bicyclic) bond motifs is 1. The third-order valence-electron chi connectivity index (χ3n) is 5.39. The summed E-state index contributed by atoms with van der Waals surface area (Å²) in [7, 11) is -3.44. The molecule has 1 amide bonds. The van der Waals surface area contributed by atoms with Gasteiger partial charge in [0, 0.05) is 35.6 Å². The first-order valence-electron chi connectivity index (χ1n) is 10.5. The molecule has 8 nitrogen and oxygen atoms in total. The number of hydrogen-bond acceptors (Lipinski definition) is 6. The Kier molecular flexibility index (Phi) is 6.78. The number of ether oxygens (including phenoxy) is 1. The van der Waals surface area contributed by atoms with Crippen molar-refractivity contribution in [3.63, 3.8) is 0 Å². The van der Waals surface area contributed by atoms with Gasteiger partial charge in [0.2, 0.25) is 15.9 Å². The van der Waals surface area contributed by atoms with E-state index < -0.39 is 10.0 Å². The Bertz CT molecular complexity index is 1150. The Labute approximate surface area is 189 Å². The van der Waals surface area contributed by atoms with Gasteiger partial charge in [0.05, 0.1) is 24.5 Å². The summed E-state index contributed by atoms with van der Waals surface area (Å²) in [6.45, 7) is 7.49. The number of hydrogen-bond donors (Lipinski definition) is 2. The molecular weight excluding hydrogens is 430 g/mol. The van der Waals surface area contributed by atoms with E-state index in [9.17, 15) is 18.0 Å². The topological polar surface area (TPSA) is 105 Å². The monoisotopic (exact) mass is 459 g/mol. The predicted octanol–water partition coefficient (Wildman–Crippen LogP) is 3.84. The molecule has 0 bridgehead atoms. The van der Waals surface area contributed by atoms with E-state index in [1.165, 1.54) is 6.92 Å². The van der Waals surface area contributed by atoms with E-state index >= 15 is 0 Å². The molecule has 32 heavy (non-hydrogen) atoms. The Hall–Kier alpha value is -3.07. The molecular formula is C23H29N3O5S. The van der Waals surface area contributed by atoms with Crippen LogP contribution in [-0.2, 0) is 19.6 Å². The van der Waals surface area contributed by atoms with Crippen molar-refractivity contribution in [2.45, 2.75) is 46.2 Å². The molecule has 0 radical (unpaired) electrons. The lowest BCUT2D eigenvalue weighted by Crippen LogP contribution is -2.43. The maximum Gasteiger partial charge on any atom is 0.338 e. The quantitative estimate of drug-likeness (QED) is 0.636. The minimum absolute atomic E-state index is 0.0506. The number of amides is 1. The highest BCUT2D eigenvalue weighted by Gasteiger charge is 2.33. The van der Waals surface area contributed by atoms with E-state index in [4.69, 9.17) is 4.74 Å². The molecule has 2 aromatic carbocycles. The van der Waals surface area contributed by atoms with Crippen molar-refractivity contribution in [2.24, 2.45) is 0 Å². The molecule has 2 aromatic rings. The fourth-order valence-corrected chi connectivity index (χ4v) is 4.67. The van der Waals surface area contributed by atoms with E-state index in [1.54, 1.807) is 42.2 Å². The van der Waals surface area contributed by atoms with Crippen LogP contribution >= 0.6 is 0 Å². The van der Waals surface area contributed by atoms with E-state index in [2.05, 4.69) is 10.0 Å². The van der Waals surface area contributed by atoms with Crippen LogP contribution in [0, 0.1) is 6.92 Å². The number of carbonyl (C=O) groups excluding carboxylic acids is 2. The number of nitrogens with one attached hydrogen (secondary N) is 2. The van der Waals surface area contributed by atoms with Crippen molar-refractivity contribution in [2.75, 3.05) is 27.8 Å². The lowest BCUT2D eigenvalue weighted by atomic mass is 9.90. The number of sulfonamides is 1. The Morgan fingerprint density at radius 1 is 1.19 bits per heavy atom. The Balaban J connectivity index is 1.98. The van der Waals surface area contributed by atoms with Crippen molar-refractivity contribution in [1.29, 1.82) is 0 Å². The van der Waals surface area contributed by atoms with Crippen LogP contribution in [0.4, 0.5) is 17.1 Å². The zero-order valence-corrected chi connectivity index (χ0v) is 19.7. The van der Waals surface area contributed by atoms with Crippen LogP contribution in [-0.4, -0.2) is 39.2 Å². The highest BCUT2D eigenvalue weighted by atomic mass is 32.2. The predicted molar refractivity (Wildman–Crippen MR) is 126 cm³/mol. The molecule has 0 aliphatic carbocycles. The third-order valence-corrected chi connectivity index (χ3v) is 6.00. The number of aryl methyl sites for hydroxylation is 1. The summed E-state index contributed by atoms with van der Waals surface area (Å²) < 4.78 is 31.0. The smallest absolute Gasteiger partial charge is 0.338 e. The van der Waals surface area contributed by atoms with Gasteiger partial charge in [0.25, 0.3) is 0 Å². The van der Waals surface area contributed by atoms with Crippen LogP contribution < -0.4 is 14.9 Å². The molecule has 2 unspecified atom stereocenters. The van der Waals surface area contributed by atoms with Crippen molar-refractivity contribution < 1.29 is 22.7 Å². The normalized spacial score (nSPS) is 18.0. The average Bonchev–Trinajstić information content (AvgIpc) is 2.68. The van der Waals surface area contributed by atoms with Gasteiger partial charge < -0.3 is 15.0 Å². The molecule has 0 saturated carbocycles. The molecule has 0 aromatic heterocycles. The summed E-state index contributed by atoms with van der Waals surface area (Å²) in [5, 5.41) is 3.52. The highest BCUT2D eigenvalue weighted by Crippen LogP contribution is 2.41. The van der Waals surface area contributed by atoms with Gasteiger partial charge in [-0.05, 0) is 69.2 Å². The summed E-state index contributed by atoms with van der Waals surface area (Å²) in [5.41, 5.74) is 4.21. The van der Waals surface area contributed by atoms with E-state index in [0.717, 1.165) is 28.8 Å². The van der Waals surface area contributed by atoms with Crippen LogP contribution in [0.2, 0.25) is 0 Å². The SMILES string of the molecule is CCOC(=O)c1ccc(NC2CC(C)N(C(C)=O)c3ccc(NS(C)(=O)=O)cc32)c(C)c1. The van der Waals surface area contributed by atoms with Crippen molar-refractivity contribution in [3.8, 4) is 0 Å². The van der Waals surface area contributed by atoms with Gasteiger partial charge in [-0.1, -0.05) is 0 Å². The van der Waals surface area contributed by atoms with E-state index in [-0.39, 0.29) is 24.0 Å². The second-order valence-electron chi connectivity index (χ2n) is 8.07. The lowest BCUT2D eigenvalue weighted by molar-refractivity contribution is -0.117. The van der Waals surface area contributed by atoms with Crippen LogP contribution in [0.1, 0.15) is 54.7 Å². The molecule has 172 valence electrons. The molecule has 9 heteroatoms. The van der Waals surface area contributed by atoms with Gasteiger partial charge in [-0.25, -0.2) is 13.2 Å². The number of esters is 1. The maximum absolute atomic E-state index is 12.3. The molecule has 0 spiro atoms. The van der Waals surface area contributed by atoms with Crippen LogP contribution in [0.15, 0.2) is 36.4 Å². The second-order valence-corrected chi connectivity index (χ2v) is 9.82. The zero-order chi connectivity index (χ0) is 23.6. The standard InChI is InChI=1S/C23H29N3O5S/c1-6-31-23(28)17-7-9-20(14(2)11-17)24-21-12-15(3)26(16(4)27)22-10-8-18(13-19(21)22)25-32(5,29)30/h7-11,13,15,21,24-25H,6,12H2,1-5H3. The first-order chi connectivity index (χ1) is 15.0. The fourth-order valence-electron chi connectivity index (χ4n) is 4.11. The zero-order valence-electron chi connectivity index (χ0n) is 18.9. The van der Waals surface area contributed by atoms with Crippen molar-refractivity contribution >= 4 is 39.0 Å². The summed E-state index contributed by atoms with van der Waals surface area (Å²) in [6.07, 6.45) is 1.73. The highest BCUT2D eigenvalue weighted by molar-refractivity contribution is 7.92. The number of benzene rings is 2. The van der Waals surface area contributed by atoms with E-state index in [1.807, 2.05) is 19.9 Å². The molecule has 3 rings (SSSR count). The van der Waals surface area contributed by atoms with Crippen LogP contribution in [0.3, 0.4) is 0 Å². The van der Waals surface area contributed by atoms with Gasteiger partial charge >= 0.3 is 5.97 Å². The number of rotatable bonds is 6. The third kappa shape index (κ3) is 5.21. The van der Waals surface area contributed by atoms with Crippen molar-refractivity contribution in [1.82, 2.24) is 0 Å². The summed E-state index contributed by atoms with van der Waals surface area (Å²) in [4.78, 5) is 26.1. The number of anilines is 3. The maximum atomic E-state index is 12.3. The van der Waals surface area contributed by atoms with E-state index in [0.29, 0.717) is 24.3 Å². The first kappa shape index (κ1) is 23.6. The summed E-state index contributed by atoms with van der Waals surface area (Å²) in [5.74, 6) is -0.441. The van der Waals surface area contributed by atoms with Crippen molar-refractivity contribution in [3.05, 3.63) is 53.1 Å². The van der Waals surface area contributed by atoms with Gasteiger partial charge in [-0.3, -0.25) is 9.52 Å². The largest absolute Gasteiger partial charge is 0.462 e. The molecule has 2 atom stereocenters. The summed E-state index contributed by atoms with van der Waals surface area (Å²) >= 11 is 0. The van der Waals surface area contributed by atoms with Crippen LogP contribution in [0.25, 0.3) is 0 Å². The second kappa shape index (κ2) is 9.20. The average molecular weight is 460 g/mol. The number of nitrogens with zero attached hydrogens (tertiary/aromatic N) is 1. The summed E-state index contributed by atoms with van der Waals surface area (Å²) in [6, 6.07) is 10.3. The molecule has 1 aliphatic rings. The minimum Gasteiger partial charge on any atom is -0.462 e. The van der Waals surface area contributed by atoms with Crippen LogP contribution in [0.5, 0.6) is 0 Å². The molecule has 1 aliphatic heterocycles. The molecule has 0 saturated heterocycles. The molecule has 2 N–H and O–H groups in total. The number of carbonyl (C=O) groups is 2. The molecule has 1 heterocycles. The molecule has 0 fully saturated rings. The van der Waals surface area contributed by atoms with Gasteiger partial charge in [0.1, 0.15) is 0 Å². The Morgan fingerprint density at radius 2 is 1.91 bits per heavy atom.